The van der Waals surface area contributed by atoms with Crippen molar-refractivity contribution in [2.45, 2.75) is 11.2 Å². The summed E-state index contributed by atoms with van der Waals surface area (Å²) in [6, 6.07) is 13.3. The monoisotopic (exact) mass is 440 g/mol. The number of nitrogens with zero attached hydrogens (tertiary/aromatic N) is 3. The third-order valence-corrected chi connectivity index (χ3v) is 5.52. The molecule has 0 spiro atoms. The van der Waals surface area contributed by atoms with Crippen molar-refractivity contribution in [1.29, 1.82) is 0 Å². The Morgan fingerprint density at radius 3 is 2.43 bits per heavy atom. The molecule has 11 heteroatoms. The lowest BCUT2D eigenvalue weighted by atomic mass is 10.1. The molecule has 0 aliphatic heterocycles. The first-order valence-electron chi connectivity index (χ1n) is 8.34. The molecular formula is C19H14F4N3O3S. The normalized spacial score (nSPS) is 12.0. The molecule has 2 aromatic heterocycles. The average molecular weight is 440 g/mol. The third kappa shape index (κ3) is 4.41. The van der Waals surface area contributed by atoms with Crippen molar-refractivity contribution in [3.8, 4) is 11.3 Å². The Hall–Kier alpha value is -3.05. The van der Waals surface area contributed by atoms with E-state index in [2.05, 4.69) is 16.0 Å². The van der Waals surface area contributed by atoms with Crippen LogP contribution in [0.5, 0.6) is 0 Å². The highest BCUT2D eigenvalue weighted by atomic mass is 32.2. The van der Waals surface area contributed by atoms with Crippen molar-refractivity contribution in [1.82, 2.24) is 9.97 Å². The smallest absolute Gasteiger partial charge is 0.363 e. The van der Waals surface area contributed by atoms with Crippen LogP contribution >= 0.6 is 0 Å². The number of methoxy groups -OCH3 is 1. The number of alkyl halides is 3. The minimum absolute atomic E-state index is 0.0188. The lowest BCUT2D eigenvalue weighted by Gasteiger charge is -2.23. The Morgan fingerprint density at radius 1 is 1.07 bits per heavy atom. The zero-order valence-electron chi connectivity index (χ0n) is 15.4. The maximum Gasteiger partial charge on any atom is 0.418 e. The van der Waals surface area contributed by atoms with Gasteiger partial charge in [-0.25, -0.2) is 14.3 Å². The second-order valence-corrected chi connectivity index (χ2v) is 7.72. The molecule has 3 rings (SSSR count). The van der Waals surface area contributed by atoms with Gasteiger partial charge in [-0.05, 0) is 30.3 Å². The number of hydrogen-bond acceptors (Lipinski definition) is 5. The van der Waals surface area contributed by atoms with E-state index in [-0.39, 0.29) is 11.4 Å². The van der Waals surface area contributed by atoms with Gasteiger partial charge < -0.3 is 4.74 Å². The second-order valence-electron chi connectivity index (χ2n) is 5.91. The largest absolute Gasteiger partial charge is 0.418 e. The highest BCUT2D eigenvalue weighted by molar-refractivity contribution is 7.92. The molecule has 0 atom stereocenters. The number of anilines is 1. The van der Waals surface area contributed by atoms with Gasteiger partial charge in [0.2, 0.25) is 5.95 Å². The Labute approximate surface area is 169 Å². The Morgan fingerprint density at radius 2 is 1.83 bits per heavy atom. The van der Waals surface area contributed by atoms with Crippen molar-refractivity contribution in [3.05, 3.63) is 72.2 Å². The molecule has 0 aliphatic rings. The molecule has 30 heavy (non-hydrogen) atoms. The van der Waals surface area contributed by atoms with Crippen molar-refractivity contribution in [2.24, 2.45) is 0 Å². The Bertz CT molecular complexity index is 1140. The number of aromatic nitrogens is 2. The van der Waals surface area contributed by atoms with Crippen molar-refractivity contribution < 1.29 is 30.7 Å². The van der Waals surface area contributed by atoms with Crippen LogP contribution in [-0.4, -0.2) is 32.2 Å². The van der Waals surface area contributed by atoms with E-state index < -0.39 is 45.2 Å². The number of sulfonamides is 1. The number of pyridine rings is 2. The third-order valence-electron chi connectivity index (χ3n) is 3.90. The van der Waals surface area contributed by atoms with Crippen LogP contribution < -0.4 is 4.31 Å². The first-order valence-corrected chi connectivity index (χ1v) is 9.78. The van der Waals surface area contributed by atoms with Gasteiger partial charge in [0.15, 0.2) is 5.03 Å². The predicted molar refractivity (Wildman–Crippen MR) is 99.2 cm³/mol. The second kappa shape index (κ2) is 8.36. The van der Waals surface area contributed by atoms with Crippen LogP contribution in [-0.2, 0) is 20.9 Å². The van der Waals surface area contributed by atoms with Gasteiger partial charge in [-0.3, -0.25) is 0 Å². The molecule has 1 aromatic carbocycles. The van der Waals surface area contributed by atoms with E-state index >= 15 is 0 Å². The number of rotatable bonds is 6. The fraction of sp³-hybridized carbons (Fsp3) is 0.158. The molecule has 1 radical (unpaired) electrons. The molecule has 3 aromatic rings. The molecule has 157 valence electrons. The van der Waals surface area contributed by atoms with Gasteiger partial charge in [0.25, 0.3) is 10.0 Å². The molecule has 0 saturated carbocycles. The van der Waals surface area contributed by atoms with Gasteiger partial charge >= 0.3 is 6.18 Å². The standard InChI is InChI=1S/C19H14F4N3O3S/c1-29-12-26(30(27,28)17-9-5-8-15(20)24-17)16-11-10-14(19(21,22)23)18(25-16)13-6-3-2-4-7-13/h2-6,8-11H,12H2,1H3. The molecule has 0 unspecified atom stereocenters. The van der Waals surface area contributed by atoms with Crippen LogP contribution in [0.3, 0.4) is 0 Å². The lowest BCUT2D eigenvalue weighted by molar-refractivity contribution is -0.137. The van der Waals surface area contributed by atoms with E-state index in [1.807, 2.05) is 0 Å². The van der Waals surface area contributed by atoms with E-state index in [4.69, 9.17) is 4.74 Å². The fourth-order valence-corrected chi connectivity index (χ4v) is 3.86. The zero-order valence-corrected chi connectivity index (χ0v) is 16.2. The highest BCUT2D eigenvalue weighted by Gasteiger charge is 2.36. The van der Waals surface area contributed by atoms with Gasteiger partial charge in [-0.2, -0.15) is 26.0 Å². The summed E-state index contributed by atoms with van der Waals surface area (Å²) in [4.78, 5) is 7.28. The molecule has 6 nitrogen and oxygen atoms in total. The topological polar surface area (TPSA) is 72.4 Å². The first kappa shape index (κ1) is 21.7. The minimum Gasteiger partial charge on any atom is -0.363 e. The van der Waals surface area contributed by atoms with Gasteiger partial charge in [0.1, 0.15) is 12.5 Å². The van der Waals surface area contributed by atoms with Gasteiger partial charge in [-0.1, -0.05) is 30.3 Å². The number of halogens is 4. The summed E-state index contributed by atoms with van der Waals surface area (Å²) in [5, 5.41) is -0.644. The lowest BCUT2D eigenvalue weighted by Crippen LogP contribution is -2.34. The zero-order chi connectivity index (χ0) is 21.9. The molecule has 0 bridgehead atoms. The summed E-state index contributed by atoms with van der Waals surface area (Å²) in [6.45, 7) is -0.586. The number of benzene rings is 1. The van der Waals surface area contributed by atoms with E-state index in [1.165, 1.54) is 25.3 Å². The quantitative estimate of drug-likeness (QED) is 0.330. The number of hydrogen-bond donors (Lipinski definition) is 0. The summed E-state index contributed by atoms with van der Waals surface area (Å²) >= 11 is 0. The molecule has 0 N–H and O–H groups in total. The Kier molecular flexibility index (Phi) is 6.04. The first-order chi connectivity index (χ1) is 14.1. The van der Waals surface area contributed by atoms with Gasteiger partial charge in [-0.15, -0.1) is 0 Å². The van der Waals surface area contributed by atoms with E-state index in [0.717, 1.165) is 30.3 Å². The van der Waals surface area contributed by atoms with Crippen molar-refractivity contribution in [3.63, 3.8) is 0 Å². The van der Waals surface area contributed by atoms with Gasteiger partial charge in [0, 0.05) is 12.7 Å². The van der Waals surface area contributed by atoms with Crippen LogP contribution in [0.2, 0.25) is 0 Å². The van der Waals surface area contributed by atoms with E-state index in [1.54, 1.807) is 6.07 Å². The summed E-state index contributed by atoms with van der Waals surface area (Å²) < 4.78 is 85.3. The van der Waals surface area contributed by atoms with Crippen LogP contribution in [0.4, 0.5) is 23.4 Å². The molecule has 0 amide bonds. The van der Waals surface area contributed by atoms with E-state index in [9.17, 15) is 26.0 Å². The number of ether oxygens (including phenoxy) is 1. The van der Waals surface area contributed by atoms with Gasteiger partial charge in [0.05, 0.1) is 11.3 Å². The summed E-state index contributed by atoms with van der Waals surface area (Å²) in [7, 11) is -3.29. The summed E-state index contributed by atoms with van der Waals surface area (Å²) in [6.07, 6.45) is -4.74. The predicted octanol–water partition coefficient (Wildman–Crippen LogP) is 3.90. The van der Waals surface area contributed by atoms with Crippen LogP contribution in [0.25, 0.3) is 11.3 Å². The van der Waals surface area contributed by atoms with Crippen molar-refractivity contribution in [2.75, 3.05) is 18.1 Å². The molecule has 0 fully saturated rings. The maximum absolute atomic E-state index is 13.5. The Balaban J connectivity index is 2.19. The highest BCUT2D eigenvalue weighted by Crippen LogP contribution is 2.37. The van der Waals surface area contributed by atoms with Crippen LogP contribution in [0.1, 0.15) is 5.56 Å². The summed E-state index contributed by atoms with van der Waals surface area (Å²) in [5.74, 6) is -1.39. The maximum atomic E-state index is 13.5. The van der Waals surface area contributed by atoms with Crippen LogP contribution in [0, 0.1) is 12.0 Å². The van der Waals surface area contributed by atoms with Crippen LogP contribution in [0.15, 0.2) is 59.6 Å². The molecular weight excluding hydrogens is 426 g/mol. The van der Waals surface area contributed by atoms with Crippen molar-refractivity contribution >= 4 is 15.8 Å². The molecule has 0 saturated heterocycles. The molecule has 2 heterocycles. The average Bonchev–Trinajstić information content (AvgIpc) is 2.71. The SMILES string of the molecule is COCN(c1ccc(C(F)(F)F)c(-c2[c]cccc2)n1)S(=O)(=O)c1cccc(F)n1. The summed E-state index contributed by atoms with van der Waals surface area (Å²) in [5.41, 5.74) is -1.55. The molecule has 0 aliphatic carbocycles. The minimum atomic E-state index is -4.74. The van der Waals surface area contributed by atoms with E-state index in [0.29, 0.717) is 4.31 Å². The fourth-order valence-electron chi connectivity index (χ4n) is 2.58.